The van der Waals surface area contributed by atoms with E-state index < -0.39 is 0 Å². The van der Waals surface area contributed by atoms with Gasteiger partial charge in [0.1, 0.15) is 0 Å². The molecule has 1 atom stereocenters. The molecule has 1 N–H and O–H groups in total. The summed E-state index contributed by atoms with van der Waals surface area (Å²) < 4.78 is 0. The van der Waals surface area contributed by atoms with Crippen LogP contribution in [-0.2, 0) is 0 Å². The van der Waals surface area contributed by atoms with E-state index in [9.17, 15) is 0 Å². The molecule has 1 aliphatic rings. The van der Waals surface area contributed by atoms with E-state index in [-0.39, 0.29) is 0 Å². The van der Waals surface area contributed by atoms with Crippen LogP contribution >= 0.6 is 0 Å². The largest absolute Gasteiger partial charge is 0.382 e. The van der Waals surface area contributed by atoms with E-state index in [2.05, 4.69) is 49.3 Å². The molecule has 0 bridgehead atoms. The summed E-state index contributed by atoms with van der Waals surface area (Å²) in [4.78, 5) is 4.52. The Morgan fingerprint density at radius 1 is 1.25 bits per heavy atom. The molecule has 1 aliphatic carbocycles. The second kappa shape index (κ2) is 5.08. The highest BCUT2D eigenvalue weighted by atomic mass is 14.9. The number of pyridine rings is 1. The molecule has 1 fully saturated rings. The van der Waals surface area contributed by atoms with E-state index in [1.54, 1.807) is 0 Å². The highest BCUT2D eigenvalue weighted by Crippen LogP contribution is 2.37. The predicted octanol–water partition coefficient (Wildman–Crippen LogP) is 4.92. The summed E-state index contributed by atoms with van der Waals surface area (Å²) in [6, 6.07) is 9.17. The zero-order valence-electron chi connectivity index (χ0n) is 12.7. The molecule has 1 heterocycles. The van der Waals surface area contributed by atoms with Crippen molar-refractivity contribution < 1.29 is 0 Å². The third-order valence-corrected chi connectivity index (χ3v) is 4.54. The molecule has 0 amide bonds. The molecule has 1 aromatic carbocycles. The standard InChI is InChI=1S/C18H24N2/c1-13-8-9-16(15-7-5-11-19-17(13)15)20-14-6-4-10-18(2,3)12-14/h5,7-9,11,14,20H,4,6,10,12H2,1-3H3. The molecule has 20 heavy (non-hydrogen) atoms. The van der Waals surface area contributed by atoms with E-state index in [1.165, 1.54) is 42.3 Å². The molecule has 2 aromatic rings. The average Bonchev–Trinajstić information content (AvgIpc) is 2.41. The Balaban J connectivity index is 1.90. The molecule has 2 nitrogen and oxygen atoms in total. The van der Waals surface area contributed by atoms with Crippen molar-refractivity contribution in [3.05, 3.63) is 36.0 Å². The van der Waals surface area contributed by atoms with Gasteiger partial charge in [0, 0.05) is 23.3 Å². The lowest BCUT2D eigenvalue weighted by Gasteiger charge is -2.36. The second-order valence-corrected chi connectivity index (χ2v) is 6.93. The fourth-order valence-electron chi connectivity index (χ4n) is 3.48. The van der Waals surface area contributed by atoms with Gasteiger partial charge in [-0.15, -0.1) is 0 Å². The summed E-state index contributed by atoms with van der Waals surface area (Å²) in [6.07, 6.45) is 7.08. The highest BCUT2D eigenvalue weighted by Gasteiger charge is 2.28. The normalized spacial score (nSPS) is 21.9. The first-order valence-corrected chi connectivity index (χ1v) is 7.66. The van der Waals surface area contributed by atoms with Gasteiger partial charge in [0.2, 0.25) is 0 Å². The summed E-state index contributed by atoms with van der Waals surface area (Å²) in [7, 11) is 0. The van der Waals surface area contributed by atoms with E-state index in [0.717, 1.165) is 5.52 Å². The van der Waals surface area contributed by atoms with Crippen LogP contribution < -0.4 is 5.32 Å². The summed E-state index contributed by atoms with van der Waals surface area (Å²) in [6.45, 7) is 6.90. The molecule has 106 valence electrons. The van der Waals surface area contributed by atoms with Gasteiger partial charge < -0.3 is 5.32 Å². The number of nitrogens with one attached hydrogen (secondary N) is 1. The molecule has 0 spiro atoms. The van der Waals surface area contributed by atoms with Crippen LogP contribution in [0.25, 0.3) is 10.9 Å². The van der Waals surface area contributed by atoms with Crippen molar-refractivity contribution >= 4 is 16.6 Å². The third-order valence-electron chi connectivity index (χ3n) is 4.54. The van der Waals surface area contributed by atoms with Gasteiger partial charge in [-0.05, 0) is 55.4 Å². The van der Waals surface area contributed by atoms with E-state index in [1.807, 2.05) is 12.3 Å². The molecule has 1 aromatic heterocycles. The van der Waals surface area contributed by atoms with Gasteiger partial charge in [-0.2, -0.15) is 0 Å². The zero-order valence-corrected chi connectivity index (χ0v) is 12.7. The van der Waals surface area contributed by atoms with Crippen LogP contribution in [0.4, 0.5) is 5.69 Å². The lowest BCUT2D eigenvalue weighted by molar-refractivity contribution is 0.229. The third kappa shape index (κ3) is 2.65. The Morgan fingerprint density at radius 3 is 2.90 bits per heavy atom. The number of benzene rings is 1. The number of hydrogen-bond donors (Lipinski definition) is 1. The number of aryl methyl sites for hydroxylation is 1. The average molecular weight is 268 g/mol. The first-order chi connectivity index (χ1) is 9.55. The van der Waals surface area contributed by atoms with Gasteiger partial charge in [-0.1, -0.05) is 26.3 Å². The van der Waals surface area contributed by atoms with Crippen molar-refractivity contribution in [2.24, 2.45) is 5.41 Å². The number of rotatable bonds is 2. The van der Waals surface area contributed by atoms with Crippen molar-refractivity contribution in [2.75, 3.05) is 5.32 Å². The molecular weight excluding hydrogens is 244 g/mol. The van der Waals surface area contributed by atoms with Crippen LogP contribution in [0.5, 0.6) is 0 Å². The minimum Gasteiger partial charge on any atom is -0.382 e. The minimum atomic E-state index is 0.467. The van der Waals surface area contributed by atoms with Gasteiger partial charge in [0.15, 0.2) is 0 Å². The van der Waals surface area contributed by atoms with Crippen molar-refractivity contribution in [1.29, 1.82) is 0 Å². The van der Waals surface area contributed by atoms with E-state index >= 15 is 0 Å². The van der Waals surface area contributed by atoms with Gasteiger partial charge >= 0.3 is 0 Å². The lowest BCUT2D eigenvalue weighted by Crippen LogP contribution is -2.31. The molecule has 2 heteroatoms. The molecule has 3 rings (SSSR count). The first-order valence-electron chi connectivity index (χ1n) is 7.66. The van der Waals surface area contributed by atoms with Gasteiger partial charge in [-0.3, -0.25) is 4.98 Å². The first kappa shape index (κ1) is 13.4. The Hall–Kier alpha value is -1.57. The molecule has 1 saturated carbocycles. The van der Waals surface area contributed by atoms with Crippen molar-refractivity contribution in [3.63, 3.8) is 0 Å². The maximum absolute atomic E-state index is 4.52. The van der Waals surface area contributed by atoms with Crippen molar-refractivity contribution in [1.82, 2.24) is 4.98 Å². The maximum Gasteiger partial charge on any atom is 0.0751 e. The fraction of sp³-hybridized carbons (Fsp3) is 0.500. The maximum atomic E-state index is 4.52. The smallest absolute Gasteiger partial charge is 0.0751 e. The Labute approximate surface area is 121 Å². The molecular formula is C18H24N2. The number of nitrogens with zero attached hydrogens (tertiary/aromatic N) is 1. The van der Waals surface area contributed by atoms with Crippen LogP contribution in [0.3, 0.4) is 0 Å². The van der Waals surface area contributed by atoms with Gasteiger partial charge in [-0.25, -0.2) is 0 Å². The van der Waals surface area contributed by atoms with Crippen LogP contribution in [0.15, 0.2) is 30.5 Å². The molecule has 0 aliphatic heterocycles. The van der Waals surface area contributed by atoms with Crippen LogP contribution in [0, 0.1) is 12.3 Å². The van der Waals surface area contributed by atoms with Crippen molar-refractivity contribution in [3.8, 4) is 0 Å². The van der Waals surface area contributed by atoms with Crippen LogP contribution in [0.2, 0.25) is 0 Å². The monoisotopic (exact) mass is 268 g/mol. The van der Waals surface area contributed by atoms with Gasteiger partial charge in [0.05, 0.1) is 5.52 Å². The van der Waals surface area contributed by atoms with Crippen LogP contribution in [-0.4, -0.2) is 11.0 Å². The summed E-state index contributed by atoms with van der Waals surface area (Å²) >= 11 is 0. The van der Waals surface area contributed by atoms with Gasteiger partial charge in [0.25, 0.3) is 0 Å². The molecule has 0 radical (unpaired) electrons. The Morgan fingerprint density at radius 2 is 2.10 bits per heavy atom. The van der Waals surface area contributed by atoms with Crippen LogP contribution in [0.1, 0.15) is 45.1 Å². The second-order valence-electron chi connectivity index (χ2n) is 6.93. The fourth-order valence-corrected chi connectivity index (χ4v) is 3.48. The SMILES string of the molecule is Cc1ccc(NC2CCCC(C)(C)C2)c2cccnc12. The number of anilines is 1. The quantitative estimate of drug-likeness (QED) is 0.836. The summed E-state index contributed by atoms with van der Waals surface area (Å²) in [5, 5.41) is 5.01. The zero-order chi connectivity index (χ0) is 14.2. The summed E-state index contributed by atoms with van der Waals surface area (Å²) in [5.41, 5.74) is 4.07. The number of aromatic nitrogens is 1. The Kier molecular flexibility index (Phi) is 3.41. The lowest BCUT2D eigenvalue weighted by atomic mass is 9.75. The number of hydrogen-bond acceptors (Lipinski definition) is 2. The summed E-state index contributed by atoms with van der Waals surface area (Å²) in [5.74, 6) is 0. The molecule has 0 saturated heterocycles. The topological polar surface area (TPSA) is 24.9 Å². The van der Waals surface area contributed by atoms with Crippen molar-refractivity contribution in [2.45, 2.75) is 52.5 Å². The predicted molar refractivity (Wildman–Crippen MR) is 86.1 cm³/mol. The number of fused-ring (bicyclic) bond motifs is 1. The Bertz CT molecular complexity index is 616. The highest BCUT2D eigenvalue weighted by molar-refractivity contribution is 5.93. The van der Waals surface area contributed by atoms with E-state index in [4.69, 9.17) is 0 Å². The minimum absolute atomic E-state index is 0.467. The van der Waals surface area contributed by atoms with E-state index in [0.29, 0.717) is 11.5 Å². The molecule has 1 unspecified atom stereocenters.